The quantitative estimate of drug-likeness (QED) is 0.572. The lowest BCUT2D eigenvalue weighted by atomic mass is 10.2. The van der Waals surface area contributed by atoms with Crippen LogP contribution in [0.3, 0.4) is 0 Å². The number of carbonyl (C=O) groups excluding carboxylic acids is 1. The predicted molar refractivity (Wildman–Crippen MR) is 107 cm³/mol. The molecule has 2 aromatic carbocycles. The van der Waals surface area contributed by atoms with E-state index in [0.29, 0.717) is 11.3 Å². The van der Waals surface area contributed by atoms with Gasteiger partial charge in [-0.05, 0) is 43.3 Å². The Labute approximate surface area is 164 Å². The van der Waals surface area contributed by atoms with Crippen LogP contribution in [0.4, 0.5) is 5.69 Å². The second-order valence-corrected chi connectivity index (χ2v) is 7.97. The van der Waals surface area contributed by atoms with Gasteiger partial charge in [0.05, 0.1) is 22.7 Å². The summed E-state index contributed by atoms with van der Waals surface area (Å²) in [6.45, 7) is 1.79. The number of hydrogen-bond acceptors (Lipinski definition) is 5. The van der Waals surface area contributed by atoms with Crippen molar-refractivity contribution in [2.24, 2.45) is 0 Å². The number of ether oxygens (including phenoxy) is 1. The van der Waals surface area contributed by atoms with Crippen LogP contribution in [0.5, 0.6) is 0 Å². The number of anilines is 1. The molecule has 0 spiro atoms. The minimum Gasteiger partial charge on any atom is -0.460 e. The van der Waals surface area contributed by atoms with E-state index in [4.69, 9.17) is 4.74 Å². The highest BCUT2D eigenvalue weighted by atomic mass is 32.2. The Balaban J connectivity index is 1.80. The molecule has 0 N–H and O–H groups in total. The Morgan fingerprint density at radius 3 is 2.36 bits per heavy atom. The van der Waals surface area contributed by atoms with Crippen LogP contribution in [0.15, 0.2) is 84.0 Å². The van der Waals surface area contributed by atoms with Gasteiger partial charge in [0.2, 0.25) is 0 Å². The second-order valence-electron chi connectivity index (χ2n) is 6.10. The monoisotopic (exact) mass is 396 g/mol. The van der Waals surface area contributed by atoms with E-state index in [-0.39, 0.29) is 18.0 Å². The van der Waals surface area contributed by atoms with Gasteiger partial charge in [0, 0.05) is 12.4 Å². The molecule has 1 heterocycles. The van der Waals surface area contributed by atoms with Crippen LogP contribution in [0.1, 0.15) is 15.9 Å². The van der Waals surface area contributed by atoms with Crippen molar-refractivity contribution in [3.8, 4) is 0 Å². The molecule has 0 radical (unpaired) electrons. The van der Waals surface area contributed by atoms with Crippen molar-refractivity contribution in [1.82, 2.24) is 4.98 Å². The molecule has 3 aromatic rings. The molecule has 0 bridgehead atoms. The number of para-hydroxylation sites is 1. The van der Waals surface area contributed by atoms with Crippen molar-refractivity contribution >= 4 is 21.7 Å². The fraction of sp³-hybridized carbons (Fsp3) is 0.143. The summed E-state index contributed by atoms with van der Waals surface area (Å²) in [4.78, 5) is 16.1. The van der Waals surface area contributed by atoms with Crippen molar-refractivity contribution in [2.45, 2.75) is 11.8 Å². The highest BCUT2D eigenvalue weighted by Gasteiger charge is 2.25. The number of aromatic nitrogens is 1. The topological polar surface area (TPSA) is 76.6 Å². The van der Waals surface area contributed by atoms with E-state index in [2.05, 4.69) is 4.98 Å². The highest BCUT2D eigenvalue weighted by Crippen LogP contribution is 2.23. The number of pyridine rings is 1. The smallest absolute Gasteiger partial charge is 0.339 e. The fourth-order valence-corrected chi connectivity index (χ4v) is 4.06. The van der Waals surface area contributed by atoms with Crippen LogP contribution in [-0.2, 0) is 14.8 Å². The van der Waals surface area contributed by atoms with Crippen LogP contribution < -0.4 is 4.31 Å². The SMILES string of the molecule is Cc1ccc(S(=O)(=O)N(CCOC(=O)c2cccnc2)c2ccccc2)cc1. The minimum absolute atomic E-state index is 0.00771. The molecular weight excluding hydrogens is 376 g/mol. The van der Waals surface area contributed by atoms with Gasteiger partial charge in [-0.2, -0.15) is 0 Å². The molecule has 1 aromatic heterocycles. The molecule has 0 aliphatic carbocycles. The zero-order chi connectivity index (χ0) is 20.0. The van der Waals surface area contributed by atoms with E-state index in [0.717, 1.165) is 5.56 Å². The molecular formula is C21H20N2O4S. The Morgan fingerprint density at radius 1 is 1.00 bits per heavy atom. The van der Waals surface area contributed by atoms with Gasteiger partial charge < -0.3 is 4.74 Å². The first kappa shape index (κ1) is 19.6. The summed E-state index contributed by atoms with van der Waals surface area (Å²) in [7, 11) is -3.80. The van der Waals surface area contributed by atoms with Gasteiger partial charge in [-0.1, -0.05) is 35.9 Å². The molecule has 0 saturated heterocycles. The van der Waals surface area contributed by atoms with E-state index in [9.17, 15) is 13.2 Å². The molecule has 0 aliphatic rings. The highest BCUT2D eigenvalue weighted by molar-refractivity contribution is 7.92. The maximum Gasteiger partial charge on any atom is 0.339 e. The Kier molecular flexibility index (Phi) is 6.06. The summed E-state index contributed by atoms with van der Waals surface area (Å²) in [6.07, 6.45) is 2.96. The standard InChI is InChI=1S/C21H20N2O4S/c1-17-9-11-20(12-10-17)28(25,26)23(19-7-3-2-4-8-19)14-15-27-21(24)18-6-5-13-22-16-18/h2-13,16H,14-15H2,1H3. The molecule has 144 valence electrons. The van der Waals surface area contributed by atoms with Crippen molar-refractivity contribution < 1.29 is 17.9 Å². The van der Waals surface area contributed by atoms with E-state index in [1.165, 1.54) is 10.5 Å². The molecule has 7 heteroatoms. The first-order valence-corrected chi connectivity index (χ1v) is 10.1. The number of esters is 1. The van der Waals surface area contributed by atoms with Crippen LogP contribution in [0, 0.1) is 6.92 Å². The van der Waals surface area contributed by atoms with E-state index in [1.54, 1.807) is 66.9 Å². The third kappa shape index (κ3) is 4.55. The minimum atomic E-state index is -3.80. The number of benzene rings is 2. The van der Waals surface area contributed by atoms with E-state index in [1.807, 2.05) is 13.0 Å². The van der Waals surface area contributed by atoms with Gasteiger partial charge >= 0.3 is 5.97 Å². The van der Waals surface area contributed by atoms with Gasteiger partial charge in [-0.15, -0.1) is 0 Å². The molecule has 0 aliphatic heterocycles. The first-order chi connectivity index (χ1) is 13.5. The van der Waals surface area contributed by atoms with Crippen LogP contribution in [0.25, 0.3) is 0 Å². The summed E-state index contributed by atoms with van der Waals surface area (Å²) in [6, 6.07) is 18.6. The second kappa shape index (κ2) is 8.67. The lowest BCUT2D eigenvalue weighted by molar-refractivity contribution is 0.0517. The zero-order valence-electron chi connectivity index (χ0n) is 15.4. The Bertz CT molecular complexity index is 1020. The summed E-state index contributed by atoms with van der Waals surface area (Å²) < 4.78 is 32.8. The Morgan fingerprint density at radius 2 is 1.71 bits per heavy atom. The fourth-order valence-electron chi connectivity index (χ4n) is 2.61. The first-order valence-electron chi connectivity index (χ1n) is 8.70. The number of sulfonamides is 1. The van der Waals surface area contributed by atoms with Gasteiger partial charge in [0.1, 0.15) is 6.61 Å². The number of nitrogens with zero attached hydrogens (tertiary/aromatic N) is 2. The molecule has 3 rings (SSSR count). The number of aryl methyl sites for hydroxylation is 1. The van der Waals surface area contributed by atoms with Crippen molar-refractivity contribution in [3.05, 3.63) is 90.3 Å². The molecule has 0 fully saturated rings. The lowest BCUT2D eigenvalue weighted by Gasteiger charge is -2.24. The average Bonchev–Trinajstić information content (AvgIpc) is 2.72. The normalized spacial score (nSPS) is 11.0. The number of rotatable bonds is 7. The summed E-state index contributed by atoms with van der Waals surface area (Å²) in [5.74, 6) is -0.547. The third-order valence-electron chi connectivity index (χ3n) is 4.08. The number of carbonyl (C=O) groups is 1. The Hall–Kier alpha value is -3.19. The van der Waals surface area contributed by atoms with Gasteiger partial charge in [-0.3, -0.25) is 9.29 Å². The van der Waals surface area contributed by atoms with Gasteiger partial charge in [0.25, 0.3) is 10.0 Å². The average molecular weight is 396 g/mol. The van der Waals surface area contributed by atoms with Crippen LogP contribution in [0.2, 0.25) is 0 Å². The molecule has 0 amide bonds. The molecule has 28 heavy (non-hydrogen) atoms. The summed E-state index contributed by atoms with van der Waals surface area (Å²) in [5, 5.41) is 0. The maximum absolute atomic E-state index is 13.2. The lowest BCUT2D eigenvalue weighted by Crippen LogP contribution is -2.34. The summed E-state index contributed by atoms with van der Waals surface area (Å²) in [5.41, 5.74) is 1.78. The maximum atomic E-state index is 13.2. The van der Waals surface area contributed by atoms with Crippen molar-refractivity contribution in [1.29, 1.82) is 0 Å². The van der Waals surface area contributed by atoms with Crippen LogP contribution in [-0.4, -0.2) is 32.5 Å². The van der Waals surface area contributed by atoms with Gasteiger partial charge in [-0.25, -0.2) is 13.2 Å². The molecule has 0 unspecified atom stereocenters. The van der Waals surface area contributed by atoms with Crippen LogP contribution >= 0.6 is 0 Å². The molecule has 0 saturated carbocycles. The van der Waals surface area contributed by atoms with Gasteiger partial charge in [0.15, 0.2) is 0 Å². The predicted octanol–water partition coefficient (Wildman–Crippen LogP) is 3.44. The molecule has 0 atom stereocenters. The van der Waals surface area contributed by atoms with Crippen molar-refractivity contribution in [2.75, 3.05) is 17.5 Å². The van der Waals surface area contributed by atoms with E-state index < -0.39 is 16.0 Å². The number of hydrogen-bond donors (Lipinski definition) is 0. The van der Waals surface area contributed by atoms with E-state index >= 15 is 0 Å². The molecule has 6 nitrogen and oxygen atoms in total. The third-order valence-corrected chi connectivity index (χ3v) is 5.92. The van der Waals surface area contributed by atoms with Crippen molar-refractivity contribution in [3.63, 3.8) is 0 Å². The summed E-state index contributed by atoms with van der Waals surface area (Å²) >= 11 is 0. The zero-order valence-corrected chi connectivity index (χ0v) is 16.2. The largest absolute Gasteiger partial charge is 0.460 e.